The zero-order valence-corrected chi connectivity index (χ0v) is 32.4. The molecule has 0 saturated carbocycles. The molecule has 15 heteroatoms. The van der Waals surface area contributed by atoms with Crippen LogP contribution in [0.2, 0.25) is 0 Å². The van der Waals surface area contributed by atoms with Gasteiger partial charge in [0.2, 0.25) is 29.5 Å². The van der Waals surface area contributed by atoms with Crippen molar-refractivity contribution in [1.82, 2.24) is 31.5 Å². The largest absolute Gasteiger partial charge is 0.463 e. The molecular weight excluding hydrogens is 696 g/mol. The van der Waals surface area contributed by atoms with Crippen molar-refractivity contribution < 1.29 is 43.0 Å². The van der Waals surface area contributed by atoms with E-state index in [-0.39, 0.29) is 25.4 Å². The van der Waals surface area contributed by atoms with Crippen LogP contribution in [0.25, 0.3) is 0 Å². The maximum atomic E-state index is 13.6. The summed E-state index contributed by atoms with van der Waals surface area (Å²) in [6.45, 7) is 13.7. The lowest BCUT2D eigenvalue weighted by Crippen LogP contribution is -2.56. The molecule has 0 aromatic heterocycles. The van der Waals surface area contributed by atoms with Gasteiger partial charge in [-0.15, -0.1) is 0 Å². The second-order valence-electron chi connectivity index (χ2n) is 13.3. The Morgan fingerprint density at radius 1 is 0.685 bits per heavy atom. The van der Waals surface area contributed by atoms with Crippen LogP contribution >= 0.6 is 0 Å². The van der Waals surface area contributed by atoms with E-state index in [1.165, 1.54) is 20.8 Å². The molecule has 0 aliphatic carbocycles. The number of hydrogen-bond acceptors (Lipinski definition) is 10. The van der Waals surface area contributed by atoms with Crippen LogP contribution in [0.1, 0.15) is 66.0 Å². The van der Waals surface area contributed by atoms with E-state index in [2.05, 4.69) is 31.5 Å². The van der Waals surface area contributed by atoms with Gasteiger partial charge in [0, 0.05) is 33.2 Å². The van der Waals surface area contributed by atoms with Crippen LogP contribution in [0.5, 0.6) is 5.75 Å². The minimum Gasteiger partial charge on any atom is -0.463 e. The van der Waals surface area contributed by atoms with Gasteiger partial charge >= 0.3 is 11.9 Å². The van der Waals surface area contributed by atoms with Crippen LogP contribution < -0.4 is 31.3 Å². The van der Waals surface area contributed by atoms with E-state index in [0.717, 1.165) is 18.7 Å². The molecule has 15 nitrogen and oxygen atoms in total. The second-order valence-corrected chi connectivity index (χ2v) is 13.3. The summed E-state index contributed by atoms with van der Waals surface area (Å²) < 4.78 is 10.5. The van der Waals surface area contributed by atoms with Crippen molar-refractivity contribution >= 4 is 41.5 Å². The SMILES string of the molecule is CCN(CC)CCOC(=O)C(CC(C)C)NC(=O)C(Cc1ccccc1)NC(=O)CNC(=O)C(C)NC(=O)C(Cc1ccc(OC(C)=O)cc1)NC(C)=O. The lowest BCUT2D eigenvalue weighted by atomic mass is 10.0. The number of hydrogen-bond donors (Lipinski definition) is 5. The molecule has 2 aromatic rings. The normalized spacial score (nSPS) is 13.1. The molecule has 0 bridgehead atoms. The molecule has 54 heavy (non-hydrogen) atoms. The van der Waals surface area contributed by atoms with Crippen molar-refractivity contribution in [3.63, 3.8) is 0 Å². The molecule has 5 amide bonds. The monoisotopic (exact) mass is 752 g/mol. The fourth-order valence-electron chi connectivity index (χ4n) is 5.43. The van der Waals surface area contributed by atoms with Crippen molar-refractivity contribution in [2.75, 3.05) is 32.8 Å². The molecule has 296 valence electrons. The molecule has 0 spiro atoms. The highest BCUT2D eigenvalue weighted by molar-refractivity contribution is 5.94. The fraction of sp³-hybridized carbons (Fsp3) is 0.513. The number of esters is 2. The molecular formula is C39H56N6O9. The zero-order chi connectivity index (χ0) is 40.2. The molecule has 0 radical (unpaired) electrons. The number of benzene rings is 2. The third-order valence-electron chi connectivity index (χ3n) is 8.28. The number of rotatable bonds is 22. The first-order valence-electron chi connectivity index (χ1n) is 18.3. The Hall–Kier alpha value is -5.31. The summed E-state index contributed by atoms with van der Waals surface area (Å²) in [7, 11) is 0. The Balaban J connectivity index is 2.05. The Morgan fingerprint density at radius 3 is 1.81 bits per heavy atom. The number of amides is 5. The standard InChI is InChI=1S/C39H56N6O9/c1-8-45(9-2)19-20-53-39(52)34(21-25(3)4)44-38(51)33(22-29-13-11-10-12-14-29)43-35(48)24-40-36(49)26(5)41-37(50)32(42-27(6)46)23-30-15-17-31(18-16-30)54-28(7)47/h10-18,25-26,32-34H,8-9,19-24H2,1-7H3,(H,40,49)(H,41,50)(H,42,46)(H,43,48)(H,44,51). The van der Waals surface area contributed by atoms with Crippen LogP contribution in [-0.4, -0.2) is 103 Å². The van der Waals surface area contributed by atoms with E-state index in [0.29, 0.717) is 24.3 Å². The zero-order valence-electron chi connectivity index (χ0n) is 32.4. The van der Waals surface area contributed by atoms with Gasteiger partial charge in [0.1, 0.15) is 36.5 Å². The highest BCUT2D eigenvalue weighted by atomic mass is 16.5. The summed E-state index contributed by atoms with van der Waals surface area (Å²) in [6, 6.07) is 11.3. The minimum absolute atomic E-state index is 0.0549. The van der Waals surface area contributed by atoms with E-state index in [9.17, 15) is 33.6 Å². The smallest absolute Gasteiger partial charge is 0.328 e. The number of carbonyl (C=O) groups excluding carboxylic acids is 7. The van der Waals surface area contributed by atoms with E-state index in [1.807, 2.05) is 33.8 Å². The van der Waals surface area contributed by atoms with Gasteiger partial charge < -0.3 is 41.0 Å². The van der Waals surface area contributed by atoms with Crippen molar-refractivity contribution in [3.05, 3.63) is 65.7 Å². The topological polar surface area (TPSA) is 201 Å². The average molecular weight is 753 g/mol. The molecule has 2 aromatic carbocycles. The third kappa shape index (κ3) is 17.0. The van der Waals surface area contributed by atoms with Crippen molar-refractivity contribution in [2.24, 2.45) is 5.92 Å². The van der Waals surface area contributed by atoms with Crippen molar-refractivity contribution in [3.8, 4) is 5.75 Å². The van der Waals surface area contributed by atoms with Crippen LogP contribution in [0, 0.1) is 5.92 Å². The Kier molecular flexibility index (Phi) is 19.4. The quantitative estimate of drug-likeness (QED) is 0.0866. The number of carbonyl (C=O) groups is 7. The minimum atomic E-state index is -1.10. The molecule has 0 aliphatic rings. The predicted octanol–water partition coefficient (Wildman–Crippen LogP) is 1.42. The molecule has 4 atom stereocenters. The highest BCUT2D eigenvalue weighted by Crippen LogP contribution is 2.14. The molecule has 0 saturated heterocycles. The summed E-state index contributed by atoms with van der Waals surface area (Å²) in [5, 5.41) is 13.0. The molecule has 0 heterocycles. The van der Waals surface area contributed by atoms with Gasteiger partial charge in [0.05, 0.1) is 6.54 Å². The molecule has 0 aliphatic heterocycles. The summed E-state index contributed by atoms with van der Waals surface area (Å²) in [5.74, 6) is -3.70. The summed E-state index contributed by atoms with van der Waals surface area (Å²) in [5.41, 5.74) is 1.42. The van der Waals surface area contributed by atoms with Gasteiger partial charge in [-0.05, 0) is 55.6 Å². The Labute approximate surface area is 317 Å². The van der Waals surface area contributed by atoms with Crippen LogP contribution in [0.3, 0.4) is 0 Å². The van der Waals surface area contributed by atoms with Gasteiger partial charge in [-0.1, -0.05) is 70.2 Å². The first-order valence-corrected chi connectivity index (χ1v) is 18.3. The number of nitrogens with one attached hydrogen (secondary N) is 5. The van der Waals surface area contributed by atoms with Crippen LogP contribution in [-0.2, 0) is 51.1 Å². The molecule has 2 rings (SSSR count). The summed E-state index contributed by atoms with van der Waals surface area (Å²) in [4.78, 5) is 91.1. The van der Waals surface area contributed by atoms with Crippen molar-refractivity contribution in [2.45, 2.75) is 91.9 Å². The first kappa shape index (κ1) is 44.8. The number of ether oxygens (including phenoxy) is 2. The Morgan fingerprint density at radius 2 is 1.26 bits per heavy atom. The number of nitrogens with zero attached hydrogens (tertiary/aromatic N) is 1. The summed E-state index contributed by atoms with van der Waals surface area (Å²) in [6.07, 6.45) is 0.521. The Bertz CT molecular complexity index is 1550. The number of likely N-dealkylation sites (N-methyl/N-ethyl adjacent to an activating group) is 1. The maximum absolute atomic E-state index is 13.6. The van der Waals surface area contributed by atoms with Crippen LogP contribution in [0.4, 0.5) is 0 Å². The maximum Gasteiger partial charge on any atom is 0.328 e. The van der Waals surface area contributed by atoms with Gasteiger partial charge in [0.25, 0.3) is 0 Å². The van der Waals surface area contributed by atoms with E-state index < -0.39 is 72.2 Å². The van der Waals surface area contributed by atoms with E-state index in [4.69, 9.17) is 9.47 Å². The fourth-order valence-corrected chi connectivity index (χ4v) is 5.43. The molecule has 0 fully saturated rings. The molecule has 4 unspecified atom stereocenters. The lowest BCUT2D eigenvalue weighted by Gasteiger charge is -2.25. The van der Waals surface area contributed by atoms with Gasteiger partial charge in [-0.25, -0.2) is 4.79 Å². The molecule has 5 N–H and O–H groups in total. The second kappa shape index (κ2) is 23.4. The van der Waals surface area contributed by atoms with Gasteiger partial charge in [-0.3, -0.25) is 28.8 Å². The first-order chi connectivity index (χ1) is 25.6. The third-order valence-corrected chi connectivity index (χ3v) is 8.28. The average Bonchev–Trinajstić information content (AvgIpc) is 3.12. The van der Waals surface area contributed by atoms with Gasteiger partial charge in [0.15, 0.2) is 0 Å². The van der Waals surface area contributed by atoms with E-state index >= 15 is 0 Å². The van der Waals surface area contributed by atoms with Gasteiger partial charge in [-0.2, -0.15) is 0 Å². The lowest BCUT2D eigenvalue weighted by molar-refractivity contribution is -0.149. The van der Waals surface area contributed by atoms with Crippen molar-refractivity contribution in [1.29, 1.82) is 0 Å². The summed E-state index contributed by atoms with van der Waals surface area (Å²) >= 11 is 0. The van der Waals surface area contributed by atoms with E-state index in [1.54, 1.807) is 48.5 Å². The van der Waals surface area contributed by atoms with Crippen LogP contribution in [0.15, 0.2) is 54.6 Å². The predicted molar refractivity (Wildman–Crippen MR) is 202 cm³/mol. The highest BCUT2D eigenvalue weighted by Gasteiger charge is 2.29.